The average Bonchev–Trinajstić information content (AvgIpc) is 3.32. The van der Waals surface area contributed by atoms with E-state index in [1.807, 2.05) is 48.9 Å². The highest BCUT2D eigenvalue weighted by Gasteiger charge is 2.30. The Morgan fingerprint density at radius 1 is 1.10 bits per heavy atom. The fourth-order valence-electron chi connectivity index (χ4n) is 3.97. The number of fused-ring (bicyclic) bond motifs is 1. The lowest BCUT2D eigenvalue weighted by Gasteiger charge is -2.20. The van der Waals surface area contributed by atoms with E-state index in [2.05, 4.69) is 27.4 Å². The molecule has 1 aliphatic heterocycles. The number of nitrogens with zero attached hydrogens (tertiary/aromatic N) is 3. The first-order valence-electron chi connectivity index (χ1n) is 10.3. The number of ether oxygens (including phenoxy) is 1. The van der Waals surface area contributed by atoms with Gasteiger partial charge in [-0.05, 0) is 37.1 Å². The molecule has 0 unspecified atom stereocenters. The standard InChI is InChI=1S/C24H26N4O3/c1-16(19-9-11-20(12-10-19)24(30)31-3)25-22(29)21-17(2)26-28-14-13-27(23(21)28)15-18-7-5-4-6-8-18/h4-12,16H,13-15H2,1-3H3,(H,25,29)/t16-/m0/s1. The van der Waals surface area contributed by atoms with Gasteiger partial charge in [0.2, 0.25) is 0 Å². The van der Waals surface area contributed by atoms with E-state index in [1.54, 1.807) is 12.1 Å². The predicted octanol–water partition coefficient (Wildman–Crippen LogP) is 3.49. The minimum absolute atomic E-state index is 0.150. The van der Waals surface area contributed by atoms with Crippen molar-refractivity contribution in [3.63, 3.8) is 0 Å². The number of benzene rings is 2. The first-order valence-corrected chi connectivity index (χ1v) is 10.3. The van der Waals surface area contributed by atoms with E-state index in [0.29, 0.717) is 11.1 Å². The minimum atomic E-state index is -0.382. The van der Waals surface area contributed by atoms with Gasteiger partial charge in [-0.2, -0.15) is 5.10 Å². The van der Waals surface area contributed by atoms with Crippen LogP contribution in [-0.4, -0.2) is 35.3 Å². The molecule has 0 saturated heterocycles. The van der Waals surface area contributed by atoms with Crippen LogP contribution in [0, 0.1) is 6.92 Å². The molecule has 2 heterocycles. The summed E-state index contributed by atoms with van der Waals surface area (Å²) < 4.78 is 6.66. The van der Waals surface area contributed by atoms with Gasteiger partial charge in [0.1, 0.15) is 11.4 Å². The summed E-state index contributed by atoms with van der Waals surface area (Å²) in [5, 5.41) is 7.67. The summed E-state index contributed by atoms with van der Waals surface area (Å²) >= 11 is 0. The normalized spacial score (nSPS) is 13.6. The van der Waals surface area contributed by atoms with Crippen molar-refractivity contribution in [2.75, 3.05) is 18.6 Å². The van der Waals surface area contributed by atoms with Crippen molar-refractivity contribution in [1.82, 2.24) is 15.1 Å². The first-order chi connectivity index (χ1) is 15.0. The second kappa shape index (κ2) is 8.63. The molecule has 7 nitrogen and oxygen atoms in total. The van der Waals surface area contributed by atoms with Crippen LogP contribution in [0.25, 0.3) is 0 Å². The minimum Gasteiger partial charge on any atom is -0.465 e. The van der Waals surface area contributed by atoms with Crippen LogP contribution in [0.5, 0.6) is 0 Å². The number of aromatic nitrogens is 2. The highest BCUT2D eigenvalue weighted by molar-refractivity contribution is 6.00. The Labute approximate surface area is 181 Å². The largest absolute Gasteiger partial charge is 0.465 e. The van der Waals surface area contributed by atoms with Crippen LogP contribution in [-0.2, 0) is 17.8 Å². The summed E-state index contributed by atoms with van der Waals surface area (Å²) in [5.74, 6) is 0.336. The number of carbonyl (C=O) groups is 2. The topological polar surface area (TPSA) is 76.5 Å². The molecule has 1 aromatic heterocycles. The van der Waals surface area contributed by atoms with Crippen LogP contribution in [0.3, 0.4) is 0 Å². The van der Waals surface area contributed by atoms with Gasteiger partial charge in [0.15, 0.2) is 0 Å². The molecule has 31 heavy (non-hydrogen) atoms. The second-order valence-electron chi connectivity index (χ2n) is 7.72. The van der Waals surface area contributed by atoms with Crippen molar-refractivity contribution in [3.05, 3.63) is 82.5 Å². The second-order valence-corrected chi connectivity index (χ2v) is 7.72. The van der Waals surface area contributed by atoms with Gasteiger partial charge in [0.05, 0.1) is 31.0 Å². The lowest BCUT2D eigenvalue weighted by molar-refractivity contribution is 0.0600. The molecule has 1 N–H and O–H groups in total. The van der Waals surface area contributed by atoms with E-state index in [9.17, 15) is 9.59 Å². The molecule has 7 heteroatoms. The third-order valence-electron chi connectivity index (χ3n) is 5.60. The Hall–Kier alpha value is -3.61. The van der Waals surface area contributed by atoms with E-state index >= 15 is 0 Å². The van der Waals surface area contributed by atoms with Crippen molar-refractivity contribution >= 4 is 17.7 Å². The van der Waals surface area contributed by atoms with Crippen molar-refractivity contribution in [2.45, 2.75) is 33.0 Å². The molecule has 0 bridgehead atoms. The number of hydrogen-bond donors (Lipinski definition) is 1. The van der Waals surface area contributed by atoms with E-state index in [-0.39, 0.29) is 17.9 Å². The maximum atomic E-state index is 13.2. The number of methoxy groups -OCH3 is 1. The third kappa shape index (κ3) is 4.17. The van der Waals surface area contributed by atoms with Gasteiger partial charge in [0.25, 0.3) is 5.91 Å². The smallest absolute Gasteiger partial charge is 0.337 e. The zero-order valence-corrected chi connectivity index (χ0v) is 18.0. The van der Waals surface area contributed by atoms with Crippen molar-refractivity contribution in [3.8, 4) is 0 Å². The van der Waals surface area contributed by atoms with Crippen molar-refractivity contribution < 1.29 is 14.3 Å². The number of anilines is 1. The monoisotopic (exact) mass is 418 g/mol. The Kier molecular flexibility index (Phi) is 5.75. The number of amides is 1. The fraction of sp³-hybridized carbons (Fsp3) is 0.292. The van der Waals surface area contributed by atoms with Gasteiger partial charge in [-0.1, -0.05) is 42.5 Å². The van der Waals surface area contributed by atoms with Gasteiger partial charge in [-0.25, -0.2) is 9.48 Å². The molecule has 0 aliphatic carbocycles. The molecular weight excluding hydrogens is 392 g/mol. The quantitative estimate of drug-likeness (QED) is 0.620. The van der Waals surface area contributed by atoms with Crippen LogP contribution in [0.1, 0.15) is 50.5 Å². The Morgan fingerprint density at radius 2 is 1.81 bits per heavy atom. The van der Waals surface area contributed by atoms with Gasteiger partial charge >= 0.3 is 5.97 Å². The van der Waals surface area contributed by atoms with Crippen molar-refractivity contribution in [2.24, 2.45) is 0 Å². The molecule has 2 aromatic carbocycles. The van der Waals surface area contributed by atoms with Crippen LogP contribution in [0.15, 0.2) is 54.6 Å². The summed E-state index contributed by atoms with van der Waals surface area (Å²) in [6.07, 6.45) is 0. The molecule has 4 rings (SSSR count). The highest BCUT2D eigenvalue weighted by atomic mass is 16.5. The van der Waals surface area contributed by atoms with E-state index in [4.69, 9.17) is 4.74 Å². The van der Waals surface area contributed by atoms with Gasteiger partial charge in [-0.3, -0.25) is 4.79 Å². The molecule has 0 spiro atoms. The molecule has 1 aliphatic rings. The number of carbonyl (C=O) groups excluding carboxylic acids is 2. The number of nitrogens with one attached hydrogen (secondary N) is 1. The maximum absolute atomic E-state index is 13.2. The van der Waals surface area contributed by atoms with Gasteiger partial charge in [0, 0.05) is 13.1 Å². The molecule has 0 radical (unpaired) electrons. The Morgan fingerprint density at radius 3 is 2.48 bits per heavy atom. The molecule has 0 fully saturated rings. The lowest BCUT2D eigenvalue weighted by Crippen LogP contribution is -2.29. The maximum Gasteiger partial charge on any atom is 0.337 e. The summed E-state index contributed by atoms with van der Waals surface area (Å²) in [6.45, 7) is 6.11. The average molecular weight is 418 g/mol. The summed E-state index contributed by atoms with van der Waals surface area (Å²) in [4.78, 5) is 27.1. The van der Waals surface area contributed by atoms with Crippen LogP contribution in [0.2, 0.25) is 0 Å². The Balaban J connectivity index is 1.52. The van der Waals surface area contributed by atoms with Crippen molar-refractivity contribution in [1.29, 1.82) is 0 Å². The zero-order valence-electron chi connectivity index (χ0n) is 18.0. The zero-order chi connectivity index (χ0) is 22.0. The lowest BCUT2D eigenvalue weighted by atomic mass is 10.1. The molecule has 3 aromatic rings. The van der Waals surface area contributed by atoms with Gasteiger partial charge < -0.3 is 15.0 Å². The molecule has 160 valence electrons. The third-order valence-corrected chi connectivity index (χ3v) is 5.60. The van der Waals surface area contributed by atoms with E-state index < -0.39 is 0 Å². The van der Waals surface area contributed by atoms with E-state index in [1.165, 1.54) is 12.7 Å². The van der Waals surface area contributed by atoms with Crippen LogP contribution < -0.4 is 10.2 Å². The number of esters is 1. The highest BCUT2D eigenvalue weighted by Crippen LogP contribution is 2.30. The predicted molar refractivity (Wildman–Crippen MR) is 118 cm³/mol. The summed E-state index contributed by atoms with van der Waals surface area (Å²) in [7, 11) is 1.35. The van der Waals surface area contributed by atoms with Gasteiger partial charge in [-0.15, -0.1) is 0 Å². The molecule has 0 saturated carbocycles. The fourth-order valence-corrected chi connectivity index (χ4v) is 3.97. The number of hydrogen-bond acceptors (Lipinski definition) is 5. The van der Waals surface area contributed by atoms with Crippen LogP contribution >= 0.6 is 0 Å². The summed E-state index contributed by atoms with van der Waals surface area (Å²) in [5.41, 5.74) is 3.92. The molecule has 1 atom stereocenters. The summed E-state index contributed by atoms with van der Waals surface area (Å²) in [6, 6.07) is 17.1. The Bertz CT molecular complexity index is 1090. The number of aryl methyl sites for hydroxylation is 1. The first kappa shape index (κ1) is 20.7. The molecular formula is C24H26N4O3. The SMILES string of the molecule is COC(=O)c1ccc([C@H](C)NC(=O)c2c(C)nn3c2N(Cc2ccccc2)CC3)cc1. The van der Waals surface area contributed by atoms with E-state index in [0.717, 1.165) is 36.7 Å². The van der Waals surface area contributed by atoms with Crippen LogP contribution in [0.4, 0.5) is 5.82 Å². The molecule has 1 amide bonds. The number of rotatable bonds is 6.